The summed E-state index contributed by atoms with van der Waals surface area (Å²) < 4.78 is 25.7. The van der Waals surface area contributed by atoms with Gasteiger partial charge in [-0.25, -0.2) is 4.39 Å². The van der Waals surface area contributed by atoms with Gasteiger partial charge in [0.2, 0.25) is 5.72 Å². The Morgan fingerprint density at radius 1 is 1.26 bits per heavy atom. The SMILES string of the molecule is COc1cc([N+](=O)[O-])cc2c1OC1(C=C2)N(C)c2ccc(F)cc2C1(C)C. The largest absolute Gasteiger partial charge is 0.493 e. The first kappa shape index (κ1) is 17.3. The second-order valence-electron chi connectivity index (χ2n) is 7.30. The number of non-ortho nitro benzene ring substituents is 1. The third-order valence-corrected chi connectivity index (χ3v) is 5.63. The van der Waals surface area contributed by atoms with Crippen molar-refractivity contribution in [3.8, 4) is 11.5 Å². The maximum absolute atomic E-state index is 13.9. The standard InChI is InChI=1S/C20H19FN2O4/c1-19(2)15-10-13(21)5-6-16(15)22(3)20(19)8-7-12-9-14(23(24)25)11-17(26-4)18(12)27-20/h5-11H,1-4H3. The van der Waals surface area contributed by atoms with Gasteiger partial charge in [-0.15, -0.1) is 0 Å². The van der Waals surface area contributed by atoms with Crippen LogP contribution in [0.1, 0.15) is 25.0 Å². The Kier molecular flexibility index (Phi) is 3.50. The maximum atomic E-state index is 13.9. The highest BCUT2D eigenvalue weighted by Crippen LogP contribution is 2.55. The van der Waals surface area contributed by atoms with Gasteiger partial charge in [0.05, 0.1) is 23.5 Å². The molecule has 2 aliphatic rings. The van der Waals surface area contributed by atoms with E-state index < -0.39 is 16.1 Å². The lowest BCUT2D eigenvalue weighted by Gasteiger charge is -2.45. The van der Waals surface area contributed by atoms with E-state index in [1.165, 1.54) is 31.4 Å². The predicted octanol–water partition coefficient (Wildman–Crippen LogP) is 4.27. The molecule has 2 aliphatic heterocycles. The minimum absolute atomic E-state index is 0.0702. The molecule has 0 bridgehead atoms. The number of ether oxygens (including phenoxy) is 2. The number of rotatable bonds is 2. The van der Waals surface area contributed by atoms with Gasteiger partial charge in [0, 0.05) is 24.4 Å². The van der Waals surface area contributed by atoms with E-state index in [0.717, 1.165) is 11.3 Å². The number of hydrogen-bond donors (Lipinski definition) is 0. The normalized spacial score (nSPS) is 21.6. The number of fused-ring (bicyclic) bond motifs is 2. The van der Waals surface area contributed by atoms with Gasteiger partial charge in [0.1, 0.15) is 5.82 Å². The van der Waals surface area contributed by atoms with Crippen molar-refractivity contribution in [2.45, 2.75) is 25.0 Å². The van der Waals surface area contributed by atoms with Gasteiger partial charge in [-0.3, -0.25) is 10.1 Å². The minimum atomic E-state index is -0.917. The summed E-state index contributed by atoms with van der Waals surface area (Å²) in [6.07, 6.45) is 3.67. The molecule has 1 spiro atoms. The molecule has 140 valence electrons. The van der Waals surface area contributed by atoms with Gasteiger partial charge in [0.15, 0.2) is 11.5 Å². The highest BCUT2D eigenvalue weighted by molar-refractivity contribution is 5.74. The van der Waals surface area contributed by atoms with Crippen molar-refractivity contribution in [3.63, 3.8) is 0 Å². The Hall–Kier alpha value is -3.09. The first-order valence-corrected chi connectivity index (χ1v) is 8.50. The zero-order valence-corrected chi connectivity index (χ0v) is 15.4. The lowest BCUT2D eigenvalue weighted by Crippen LogP contribution is -2.58. The average Bonchev–Trinajstić information content (AvgIpc) is 2.79. The summed E-state index contributed by atoms with van der Waals surface area (Å²) >= 11 is 0. The molecule has 0 radical (unpaired) electrons. The van der Waals surface area contributed by atoms with Crippen LogP contribution >= 0.6 is 0 Å². The lowest BCUT2D eigenvalue weighted by atomic mass is 9.76. The second kappa shape index (κ2) is 5.45. The molecule has 0 saturated heterocycles. The number of nitro groups is 1. The molecule has 0 saturated carbocycles. The fourth-order valence-corrected chi connectivity index (χ4v) is 4.10. The van der Waals surface area contributed by atoms with E-state index in [1.54, 1.807) is 12.1 Å². The van der Waals surface area contributed by atoms with Crippen molar-refractivity contribution in [3.05, 3.63) is 63.5 Å². The average molecular weight is 370 g/mol. The highest BCUT2D eigenvalue weighted by atomic mass is 19.1. The van der Waals surface area contributed by atoms with Gasteiger partial charge in [-0.05, 0) is 49.8 Å². The topological polar surface area (TPSA) is 64.8 Å². The number of anilines is 1. The Labute approximate surface area is 156 Å². The first-order chi connectivity index (χ1) is 12.7. The van der Waals surface area contributed by atoms with Gasteiger partial charge >= 0.3 is 0 Å². The van der Waals surface area contributed by atoms with Crippen LogP contribution in [0.25, 0.3) is 6.08 Å². The predicted molar refractivity (Wildman–Crippen MR) is 99.9 cm³/mol. The van der Waals surface area contributed by atoms with Crippen molar-refractivity contribution >= 4 is 17.5 Å². The fourth-order valence-electron chi connectivity index (χ4n) is 4.10. The first-order valence-electron chi connectivity index (χ1n) is 8.50. The molecule has 2 heterocycles. The molecule has 4 rings (SSSR count). The molecule has 7 heteroatoms. The second-order valence-corrected chi connectivity index (χ2v) is 7.30. The molecule has 0 N–H and O–H groups in total. The molecule has 6 nitrogen and oxygen atoms in total. The molecule has 2 aromatic carbocycles. The quantitative estimate of drug-likeness (QED) is 0.583. The monoisotopic (exact) mass is 370 g/mol. The Morgan fingerprint density at radius 3 is 2.67 bits per heavy atom. The van der Waals surface area contributed by atoms with Crippen LogP contribution in [0.4, 0.5) is 15.8 Å². The number of methoxy groups -OCH3 is 1. The van der Waals surface area contributed by atoms with Crippen molar-refractivity contribution in [1.29, 1.82) is 0 Å². The van der Waals surface area contributed by atoms with Crippen molar-refractivity contribution in [2.75, 3.05) is 19.1 Å². The van der Waals surface area contributed by atoms with E-state index in [9.17, 15) is 14.5 Å². The van der Waals surface area contributed by atoms with Crippen LogP contribution in [0.15, 0.2) is 36.4 Å². The van der Waals surface area contributed by atoms with E-state index in [4.69, 9.17) is 9.47 Å². The van der Waals surface area contributed by atoms with Crippen molar-refractivity contribution < 1.29 is 18.8 Å². The number of nitro benzene ring substituents is 1. The van der Waals surface area contributed by atoms with Crippen LogP contribution in [0.5, 0.6) is 11.5 Å². The lowest BCUT2D eigenvalue weighted by molar-refractivity contribution is -0.385. The summed E-state index contributed by atoms with van der Waals surface area (Å²) in [4.78, 5) is 12.7. The van der Waals surface area contributed by atoms with E-state index in [0.29, 0.717) is 11.3 Å². The third kappa shape index (κ3) is 2.17. The van der Waals surface area contributed by atoms with Crippen LogP contribution in [0.3, 0.4) is 0 Å². The molecule has 0 aliphatic carbocycles. The number of halogens is 1. The molecular formula is C20H19FN2O4. The molecule has 1 atom stereocenters. The van der Waals surface area contributed by atoms with Gasteiger partial charge in [0.25, 0.3) is 5.69 Å². The number of hydrogen-bond acceptors (Lipinski definition) is 5. The minimum Gasteiger partial charge on any atom is -0.493 e. The van der Waals surface area contributed by atoms with Crippen LogP contribution in [-0.4, -0.2) is 24.8 Å². The summed E-state index contributed by atoms with van der Waals surface area (Å²) in [5.74, 6) is 0.411. The Balaban J connectivity index is 1.89. The number of benzene rings is 2. The smallest absolute Gasteiger partial charge is 0.274 e. The van der Waals surface area contributed by atoms with Crippen LogP contribution in [0.2, 0.25) is 0 Å². The van der Waals surface area contributed by atoms with Crippen LogP contribution in [-0.2, 0) is 5.41 Å². The fraction of sp³-hybridized carbons (Fsp3) is 0.300. The number of likely N-dealkylation sites (N-methyl/N-ethyl adjacent to an activating group) is 1. The van der Waals surface area contributed by atoms with Gasteiger partial charge < -0.3 is 14.4 Å². The molecule has 2 aromatic rings. The maximum Gasteiger partial charge on any atom is 0.274 e. The van der Waals surface area contributed by atoms with Crippen LogP contribution in [0, 0.1) is 15.9 Å². The van der Waals surface area contributed by atoms with E-state index in [1.807, 2.05) is 31.9 Å². The summed E-state index contributed by atoms with van der Waals surface area (Å²) in [6, 6.07) is 7.49. The molecule has 0 fully saturated rings. The summed E-state index contributed by atoms with van der Waals surface area (Å²) in [5, 5.41) is 11.2. The zero-order chi connectivity index (χ0) is 19.6. The van der Waals surface area contributed by atoms with Gasteiger partial charge in [-0.2, -0.15) is 0 Å². The molecular weight excluding hydrogens is 351 g/mol. The Bertz CT molecular complexity index is 1000. The number of nitrogens with zero attached hydrogens (tertiary/aromatic N) is 2. The third-order valence-electron chi connectivity index (χ3n) is 5.63. The van der Waals surface area contributed by atoms with Crippen molar-refractivity contribution in [2.24, 2.45) is 0 Å². The molecule has 1 unspecified atom stereocenters. The summed E-state index contributed by atoms with van der Waals surface area (Å²) in [5.41, 5.74) is 0.700. The Morgan fingerprint density at radius 2 is 2.00 bits per heavy atom. The van der Waals surface area contributed by atoms with E-state index in [-0.39, 0.29) is 17.3 Å². The van der Waals surface area contributed by atoms with Gasteiger partial charge in [-0.1, -0.05) is 0 Å². The molecule has 0 amide bonds. The van der Waals surface area contributed by atoms with Crippen LogP contribution < -0.4 is 14.4 Å². The molecule has 27 heavy (non-hydrogen) atoms. The zero-order valence-electron chi connectivity index (χ0n) is 15.4. The summed E-state index contributed by atoms with van der Waals surface area (Å²) in [6.45, 7) is 3.98. The summed E-state index contributed by atoms with van der Waals surface area (Å²) in [7, 11) is 3.33. The van der Waals surface area contributed by atoms with E-state index >= 15 is 0 Å². The van der Waals surface area contributed by atoms with Crippen molar-refractivity contribution in [1.82, 2.24) is 0 Å². The molecule has 0 aromatic heterocycles. The highest BCUT2D eigenvalue weighted by Gasteiger charge is 2.58. The van der Waals surface area contributed by atoms with E-state index in [2.05, 4.69) is 0 Å².